The van der Waals surface area contributed by atoms with Gasteiger partial charge in [0.25, 0.3) is 11.5 Å². The number of amides is 1. The van der Waals surface area contributed by atoms with Crippen LogP contribution in [-0.2, 0) is 4.79 Å². The van der Waals surface area contributed by atoms with Crippen LogP contribution in [0.4, 0.5) is 5.69 Å². The number of aromatic nitrogens is 2. The summed E-state index contributed by atoms with van der Waals surface area (Å²) in [6.07, 6.45) is 1.45. The first-order chi connectivity index (χ1) is 21.3. The number of methoxy groups -OCH3 is 1. The van der Waals surface area contributed by atoms with Gasteiger partial charge in [-0.1, -0.05) is 57.9 Å². The molecule has 6 aromatic rings. The number of nitrogens with zero attached hydrogens (tertiary/aromatic N) is 3. The quantitative estimate of drug-likeness (QED) is 0.169. The molecule has 220 valence electrons. The van der Waals surface area contributed by atoms with Gasteiger partial charge in [0.2, 0.25) is 5.82 Å². The number of hydrogen-bond acceptors (Lipinski definition) is 7. The van der Waals surface area contributed by atoms with Crippen LogP contribution in [-0.4, -0.2) is 35.5 Å². The van der Waals surface area contributed by atoms with E-state index in [-0.39, 0.29) is 24.1 Å². The van der Waals surface area contributed by atoms with Gasteiger partial charge in [-0.15, -0.1) is 0 Å². The zero-order valence-electron chi connectivity index (χ0n) is 23.5. The summed E-state index contributed by atoms with van der Waals surface area (Å²) in [4.78, 5) is 31.2. The molecule has 0 aliphatic rings. The van der Waals surface area contributed by atoms with E-state index in [2.05, 4.69) is 26.3 Å². The summed E-state index contributed by atoms with van der Waals surface area (Å²) in [5.41, 5.74) is 2.73. The second kappa shape index (κ2) is 12.4. The molecule has 4 aromatic carbocycles. The number of furan rings is 1. The van der Waals surface area contributed by atoms with Gasteiger partial charge in [-0.3, -0.25) is 9.59 Å². The van der Waals surface area contributed by atoms with Crippen molar-refractivity contribution in [2.45, 2.75) is 6.92 Å². The third kappa shape index (κ3) is 5.95. The molecule has 11 heteroatoms. The summed E-state index contributed by atoms with van der Waals surface area (Å²) in [6, 6.07) is 24.9. The van der Waals surface area contributed by atoms with Gasteiger partial charge in [-0.05, 0) is 67.1 Å². The van der Waals surface area contributed by atoms with E-state index < -0.39 is 5.56 Å². The molecule has 0 aliphatic carbocycles. The van der Waals surface area contributed by atoms with E-state index in [1.807, 2.05) is 31.2 Å². The average Bonchev–Trinajstić information content (AvgIpc) is 3.44. The smallest absolute Gasteiger partial charge is 0.282 e. The summed E-state index contributed by atoms with van der Waals surface area (Å²) in [7, 11) is 1.49. The lowest BCUT2D eigenvalue weighted by molar-refractivity contribution is -0.118. The fourth-order valence-electron chi connectivity index (χ4n) is 4.66. The van der Waals surface area contributed by atoms with Crippen LogP contribution in [0.5, 0.6) is 11.5 Å². The predicted molar refractivity (Wildman–Crippen MR) is 175 cm³/mol. The van der Waals surface area contributed by atoms with Gasteiger partial charge in [0.05, 0.1) is 24.2 Å². The molecule has 0 atom stereocenters. The first-order valence-electron chi connectivity index (χ1n) is 13.4. The number of aryl methyl sites for hydroxylation is 1. The summed E-state index contributed by atoms with van der Waals surface area (Å²) in [6.45, 7) is 1.61. The molecule has 0 unspecified atom stereocenters. The number of ether oxygens (including phenoxy) is 2. The lowest BCUT2D eigenvalue weighted by Crippen LogP contribution is -2.21. The number of carbonyl (C=O) groups is 1. The van der Waals surface area contributed by atoms with E-state index in [9.17, 15) is 9.59 Å². The monoisotopic (exact) mass is 670 g/mol. The Morgan fingerprint density at radius 3 is 2.70 bits per heavy atom. The van der Waals surface area contributed by atoms with Crippen LogP contribution in [0.1, 0.15) is 11.1 Å². The van der Waals surface area contributed by atoms with Crippen molar-refractivity contribution in [3.8, 4) is 23.1 Å². The van der Waals surface area contributed by atoms with Crippen LogP contribution in [0.25, 0.3) is 33.5 Å². The normalized spacial score (nSPS) is 11.4. The molecule has 0 fully saturated rings. The summed E-state index contributed by atoms with van der Waals surface area (Å²) < 4.78 is 19.4. The molecule has 0 radical (unpaired) electrons. The zero-order chi connectivity index (χ0) is 30.8. The third-order valence-corrected chi connectivity index (χ3v) is 7.49. The highest BCUT2D eigenvalue weighted by Gasteiger charge is 2.18. The Hall–Kier alpha value is -4.93. The average molecular weight is 672 g/mol. The SMILES string of the molecule is COc1cc(Br)cc(C=Nn2c(-c3cc4cc(Cl)ccc4o3)nc3ccccc3c2=O)c1OCC(=O)Nc1ccccc1C. The fourth-order valence-corrected chi connectivity index (χ4v) is 5.30. The van der Waals surface area contributed by atoms with Crippen LogP contribution in [0.2, 0.25) is 5.02 Å². The van der Waals surface area contributed by atoms with Gasteiger partial charge < -0.3 is 19.2 Å². The molecule has 0 saturated carbocycles. The number of anilines is 1. The van der Waals surface area contributed by atoms with Crippen molar-refractivity contribution < 1.29 is 18.7 Å². The second-order valence-electron chi connectivity index (χ2n) is 9.79. The summed E-state index contributed by atoms with van der Waals surface area (Å²) >= 11 is 9.67. The second-order valence-corrected chi connectivity index (χ2v) is 11.1. The van der Waals surface area contributed by atoms with E-state index >= 15 is 0 Å². The van der Waals surface area contributed by atoms with Gasteiger partial charge >= 0.3 is 0 Å². The summed E-state index contributed by atoms with van der Waals surface area (Å²) in [5.74, 6) is 0.802. The molecule has 0 bridgehead atoms. The van der Waals surface area contributed by atoms with Crippen molar-refractivity contribution in [2.75, 3.05) is 19.0 Å². The van der Waals surface area contributed by atoms with Crippen molar-refractivity contribution in [3.05, 3.63) is 116 Å². The van der Waals surface area contributed by atoms with E-state index in [4.69, 9.17) is 30.5 Å². The number of rotatable bonds is 8. The molecule has 1 amide bonds. The highest BCUT2D eigenvalue weighted by Crippen LogP contribution is 2.34. The number of carbonyl (C=O) groups excluding carboxylic acids is 1. The third-order valence-electron chi connectivity index (χ3n) is 6.80. The van der Waals surface area contributed by atoms with Crippen molar-refractivity contribution >= 4 is 67.2 Å². The Labute approximate surface area is 264 Å². The first kappa shape index (κ1) is 29.2. The topological polar surface area (TPSA) is 108 Å². The van der Waals surface area contributed by atoms with Crippen LogP contribution in [0.15, 0.2) is 104 Å². The van der Waals surface area contributed by atoms with Crippen molar-refractivity contribution in [2.24, 2.45) is 5.10 Å². The molecule has 6 rings (SSSR count). The number of halogens is 2. The number of fused-ring (bicyclic) bond motifs is 2. The van der Waals surface area contributed by atoms with Crippen molar-refractivity contribution in [1.82, 2.24) is 9.66 Å². The van der Waals surface area contributed by atoms with Gasteiger partial charge in [0.1, 0.15) is 5.58 Å². The Kier molecular flexibility index (Phi) is 8.19. The molecule has 0 saturated heterocycles. The number of hydrogen-bond donors (Lipinski definition) is 1. The molecular formula is C33H24BrClN4O5. The largest absolute Gasteiger partial charge is 0.493 e. The van der Waals surface area contributed by atoms with Crippen molar-refractivity contribution in [1.29, 1.82) is 0 Å². The van der Waals surface area contributed by atoms with E-state index in [0.29, 0.717) is 48.7 Å². The highest BCUT2D eigenvalue weighted by atomic mass is 79.9. The molecule has 9 nitrogen and oxygen atoms in total. The minimum absolute atomic E-state index is 0.194. The number of benzene rings is 4. The maximum atomic E-state index is 13.7. The Balaban J connectivity index is 1.40. The zero-order valence-corrected chi connectivity index (χ0v) is 25.8. The lowest BCUT2D eigenvalue weighted by Gasteiger charge is -2.15. The molecule has 1 N–H and O–H groups in total. The molecule has 0 spiro atoms. The Bertz CT molecular complexity index is 2140. The van der Waals surface area contributed by atoms with Crippen LogP contribution in [0, 0.1) is 6.92 Å². The predicted octanol–water partition coefficient (Wildman–Crippen LogP) is 7.44. The fraction of sp³-hybridized carbons (Fsp3) is 0.0909. The van der Waals surface area contributed by atoms with Crippen LogP contribution >= 0.6 is 27.5 Å². The minimum Gasteiger partial charge on any atom is -0.493 e. The number of para-hydroxylation sites is 2. The van der Waals surface area contributed by atoms with Gasteiger partial charge in [0, 0.05) is 26.1 Å². The van der Waals surface area contributed by atoms with Crippen molar-refractivity contribution in [3.63, 3.8) is 0 Å². The minimum atomic E-state index is -0.401. The van der Waals surface area contributed by atoms with E-state index in [1.165, 1.54) is 18.0 Å². The Morgan fingerprint density at radius 2 is 1.89 bits per heavy atom. The van der Waals surface area contributed by atoms with Gasteiger partial charge in [0.15, 0.2) is 23.9 Å². The first-order valence-corrected chi connectivity index (χ1v) is 14.6. The van der Waals surface area contributed by atoms with Gasteiger partial charge in [-0.2, -0.15) is 9.78 Å². The maximum Gasteiger partial charge on any atom is 0.282 e. The lowest BCUT2D eigenvalue weighted by atomic mass is 10.2. The van der Waals surface area contributed by atoms with E-state index in [0.717, 1.165) is 10.9 Å². The molecular weight excluding hydrogens is 648 g/mol. The summed E-state index contributed by atoms with van der Waals surface area (Å²) in [5, 5.41) is 9.08. The van der Waals surface area contributed by atoms with Crippen LogP contribution < -0.4 is 20.3 Å². The van der Waals surface area contributed by atoms with Crippen LogP contribution in [0.3, 0.4) is 0 Å². The molecule has 0 aliphatic heterocycles. The molecule has 44 heavy (non-hydrogen) atoms. The Morgan fingerprint density at radius 1 is 1.09 bits per heavy atom. The standard InChI is InChI=1S/C33H24BrClN4O5/c1-19-7-3-5-9-25(19)37-30(40)18-43-31-21(13-22(34)16-28(31)42-2)17-36-39-32(38-26-10-6-4-8-24(26)33(39)41)29-15-20-14-23(35)11-12-27(20)44-29/h3-17H,18H2,1-2H3,(H,37,40). The maximum absolute atomic E-state index is 13.7. The molecule has 2 aromatic heterocycles. The van der Waals surface area contributed by atoms with E-state index in [1.54, 1.807) is 60.7 Å². The molecule has 2 heterocycles. The van der Waals surface area contributed by atoms with Gasteiger partial charge in [-0.25, -0.2) is 4.98 Å². The number of nitrogens with one attached hydrogen (secondary N) is 1. The highest BCUT2D eigenvalue weighted by molar-refractivity contribution is 9.10.